The highest BCUT2D eigenvalue weighted by Gasteiger charge is 2.30. The minimum absolute atomic E-state index is 0.0707. The summed E-state index contributed by atoms with van der Waals surface area (Å²) >= 11 is 0. The Kier molecular flexibility index (Phi) is 6.88. The number of piperidine rings is 1. The predicted octanol–water partition coefficient (Wildman–Crippen LogP) is 5.19. The van der Waals surface area contributed by atoms with Crippen molar-refractivity contribution in [3.8, 4) is 11.3 Å². The van der Waals surface area contributed by atoms with Gasteiger partial charge in [0.2, 0.25) is 0 Å². The number of anilines is 1. The fourth-order valence-electron chi connectivity index (χ4n) is 4.27. The van der Waals surface area contributed by atoms with Crippen molar-refractivity contribution < 1.29 is 27.8 Å². The monoisotopic (exact) mass is 500 g/mol. The van der Waals surface area contributed by atoms with Crippen LogP contribution in [-0.4, -0.2) is 58.2 Å². The van der Waals surface area contributed by atoms with Crippen LogP contribution in [0, 0.1) is 18.6 Å². The van der Waals surface area contributed by atoms with Gasteiger partial charge in [0, 0.05) is 25.3 Å². The quantitative estimate of drug-likeness (QED) is 0.497. The molecule has 1 saturated heterocycles. The summed E-state index contributed by atoms with van der Waals surface area (Å²) in [5.74, 6) is -2.31. The molecule has 1 N–H and O–H groups in total. The molecule has 3 heterocycles. The number of carbonyl (C=O) groups excluding carboxylic acids is 2. The third-order valence-corrected chi connectivity index (χ3v) is 5.90. The average molecular weight is 501 g/mol. The number of hydrogen-bond acceptors (Lipinski definition) is 6. The number of pyridine rings is 1. The van der Waals surface area contributed by atoms with Crippen LogP contribution in [0.3, 0.4) is 0 Å². The number of nitrogens with zero attached hydrogens (tertiary/aromatic N) is 3. The minimum Gasteiger partial charge on any atom is -0.465 e. The lowest BCUT2D eigenvalue weighted by atomic mass is 10.0. The summed E-state index contributed by atoms with van der Waals surface area (Å²) in [5.41, 5.74) is 0.304. The summed E-state index contributed by atoms with van der Waals surface area (Å²) in [4.78, 5) is 30.6. The van der Waals surface area contributed by atoms with Gasteiger partial charge in [-0.15, -0.1) is 0 Å². The van der Waals surface area contributed by atoms with Gasteiger partial charge in [-0.1, -0.05) is 0 Å². The van der Waals surface area contributed by atoms with E-state index in [-0.39, 0.29) is 22.9 Å². The van der Waals surface area contributed by atoms with Gasteiger partial charge in [-0.2, -0.15) is 0 Å². The molecule has 1 aliphatic heterocycles. The van der Waals surface area contributed by atoms with Crippen LogP contribution < -0.4 is 5.32 Å². The standard InChI is InChI=1S/C26H30F2N4O4/c1-15-8-10-32-20(11-15)30-22(21-18(27)12-16(13-19(21)28)24(33)35-5)23(32)29-17-7-6-9-31(14-17)25(34)36-26(2,3)4/h8,10-13,17,29H,6-7,9,14H2,1-5H3/t17-/m1/s1. The number of halogens is 2. The molecule has 1 fully saturated rings. The molecule has 1 amide bonds. The molecule has 0 saturated carbocycles. The largest absolute Gasteiger partial charge is 0.465 e. The Bertz CT molecular complexity index is 1290. The zero-order valence-corrected chi connectivity index (χ0v) is 21.0. The van der Waals surface area contributed by atoms with E-state index in [9.17, 15) is 9.59 Å². The molecular weight excluding hydrogens is 470 g/mol. The average Bonchev–Trinajstić information content (AvgIpc) is 3.13. The summed E-state index contributed by atoms with van der Waals surface area (Å²) in [7, 11) is 1.14. The van der Waals surface area contributed by atoms with Gasteiger partial charge in [0.05, 0.1) is 18.2 Å². The highest BCUT2D eigenvalue weighted by Crippen LogP contribution is 2.35. The predicted molar refractivity (Wildman–Crippen MR) is 131 cm³/mol. The van der Waals surface area contributed by atoms with Crippen LogP contribution in [0.2, 0.25) is 0 Å². The molecule has 3 aromatic rings. The number of ether oxygens (including phenoxy) is 2. The maximum absolute atomic E-state index is 15.2. The topological polar surface area (TPSA) is 85.2 Å². The fourth-order valence-corrected chi connectivity index (χ4v) is 4.27. The molecule has 1 atom stereocenters. The molecule has 1 aromatic carbocycles. The normalized spacial score (nSPS) is 16.2. The molecule has 192 valence electrons. The van der Waals surface area contributed by atoms with E-state index in [2.05, 4.69) is 15.0 Å². The van der Waals surface area contributed by atoms with E-state index in [0.717, 1.165) is 37.6 Å². The second kappa shape index (κ2) is 9.75. The number of benzene rings is 1. The Morgan fingerprint density at radius 1 is 1.17 bits per heavy atom. The molecule has 2 aromatic heterocycles. The number of aromatic nitrogens is 2. The summed E-state index contributed by atoms with van der Waals surface area (Å²) in [6, 6.07) is 5.35. The summed E-state index contributed by atoms with van der Waals surface area (Å²) < 4.78 is 42.2. The van der Waals surface area contributed by atoms with Crippen molar-refractivity contribution in [3.05, 3.63) is 53.2 Å². The number of amides is 1. The molecule has 8 nitrogen and oxygen atoms in total. The highest BCUT2D eigenvalue weighted by atomic mass is 19.1. The number of hydrogen-bond donors (Lipinski definition) is 1. The highest BCUT2D eigenvalue weighted by molar-refractivity contribution is 5.90. The van der Waals surface area contributed by atoms with Gasteiger partial charge >= 0.3 is 12.1 Å². The summed E-state index contributed by atoms with van der Waals surface area (Å²) in [6.07, 6.45) is 2.85. The molecule has 0 aliphatic carbocycles. The van der Waals surface area contributed by atoms with Crippen molar-refractivity contribution >= 4 is 23.5 Å². The van der Waals surface area contributed by atoms with Crippen LogP contribution >= 0.6 is 0 Å². The van der Waals surface area contributed by atoms with Crippen molar-refractivity contribution in [2.45, 2.75) is 52.2 Å². The van der Waals surface area contributed by atoms with E-state index in [0.29, 0.717) is 24.6 Å². The molecule has 0 spiro atoms. The molecular formula is C26H30F2N4O4. The first kappa shape index (κ1) is 25.4. The van der Waals surface area contributed by atoms with Crippen molar-refractivity contribution in [2.24, 2.45) is 0 Å². The number of nitrogens with one attached hydrogen (secondary N) is 1. The SMILES string of the molecule is COC(=O)c1cc(F)c(-c2nc3cc(C)ccn3c2N[C@@H]2CCCN(C(=O)OC(C)(C)C)C2)c(F)c1. The summed E-state index contributed by atoms with van der Waals surface area (Å²) in [6.45, 7) is 8.25. The molecule has 0 radical (unpaired) electrons. The number of carbonyl (C=O) groups is 2. The van der Waals surface area contributed by atoms with Crippen LogP contribution in [0.25, 0.3) is 16.9 Å². The zero-order valence-electron chi connectivity index (χ0n) is 21.0. The second-order valence-electron chi connectivity index (χ2n) is 9.96. The maximum Gasteiger partial charge on any atom is 0.410 e. The van der Waals surface area contributed by atoms with E-state index < -0.39 is 29.3 Å². The Morgan fingerprint density at radius 2 is 1.86 bits per heavy atom. The van der Waals surface area contributed by atoms with Gasteiger partial charge in [0.25, 0.3) is 0 Å². The lowest BCUT2D eigenvalue weighted by molar-refractivity contribution is 0.0206. The van der Waals surface area contributed by atoms with Gasteiger partial charge in [-0.05, 0) is 70.4 Å². The van der Waals surface area contributed by atoms with Crippen LogP contribution in [0.4, 0.5) is 19.4 Å². The molecule has 10 heteroatoms. The Hall–Kier alpha value is -3.69. The molecule has 4 rings (SSSR count). The van der Waals surface area contributed by atoms with Crippen LogP contribution in [0.5, 0.6) is 0 Å². The van der Waals surface area contributed by atoms with Gasteiger partial charge in [-0.3, -0.25) is 4.40 Å². The van der Waals surface area contributed by atoms with E-state index in [1.165, 1.54) is 0 Å². The number of fused-ring (bicyclic) bond motifs is 1. The number of imidazole rings is 1. The fraction of sp³-hybridized carbons (Fsp3) is 0.423. The number of rotatable bonds is 4. The van der Waals surface area contributed by atoms with Gasteiger partial charge < -0.3 is 19.7 Å². The third kappa shape index (κ3) is 5.27. The molecule has 0 bridgehead atoms. The first-order chi connectivity index (χ1) is 17.0. The van der Waals surface area contributed by atoms with Crippen LogP contribution in [-0.2, 0) is 9.47 Å². The van der Waals surface area contributed by atoms with E-state index >= 15 is 8.78 Å². The van der Waals surface area contributed by atoms with E-state index in [1.54, 1.807) is 21.6 Å². The molecule has 36 heavy (non-hydrogen) atoms. The number of esters is 1. The van der Waals surface area contributed by atoms with Crippen molar-refractivity contribution in [1.82, 2.24) is 14.3 Å². The number of methoxy groups -OCH3 is 1. The zero-order chi connectivity index (χ0) is 26.2. The lowest BCUT2D eigenvalue weighted by Crippen LogP contribution is -2.47. The number of aryl methyl sites for hydroxylation is 1. The van der Waals surface area contributed by atoms with E-state index in [1.807, 2.05) is 33.8 Å². The van der Waals surface area contributed by atoms with Gasteiger partial charge in [0.1, 0.15) is 34.4 Å². The maximum atomic E-state index is 15.2. The summed E-state index contributed by atoms with van der Waals surface area (Å²) in [5, 5.41) is 3.37. The van der Waals surface area contributed by atoms with Crippen molar-refractivity contribution in [3.63, 3.8) is 0 Å². The van der Waals surface area contributed by atoms with Crippen molar-refractivity contribution in [2.75, 3.05) is 25.5 Å². The Balaban J connectivity index is 1.72. The first-order valence-electron chi connectivity index (χ1n) is 11.8. The van der Waals surface area contributed by atoms with Crippen LogP contribution in [0.1, 0.15) is 49.5 Å². The Morgan fingerprint density at radius 3 is 2.50 bits per heavy atom. The lowest BCUT2D eigenvalue weighted by Gasteiger charge is -2.34. The second-order valence-corrected chi connectivity index (χ2v) is 9.96. The van der Waals surface area contributed by atoms with E-state index in [4.69, 9.17) is 4.74 Å². The molecule has 0 unspecified atom stereocenters. The Labute approximate surface area is 208 Å². The number of likely N-dealkylation sites (tertiary alicyclic amines) is 1. The molecule has 1 aliphatic rings. The first-order valence-corrected chi connectivity index (χ1v) is 11.8. The smallest absolute Gasteiger partial charge is 0.410 e. The van der Waals surface area contributed by atoms with Crippen molar-refractivity contribution in [1.29, 1.82) is 0 Å². The third-order valence-electron chi connectivity index (χ3n) is 5.90. The van der Waals surface area contributed by atoms with Crippen LogP contribution in [0.15, 0.2) is 30.5 Å². The minimum atomic E-state index is -0.933. The van der Waals surface area contributed by atoms with Gasteiger partial charge in [-0.25, -0.2) is 23.4 Å². The van der Waals surface area contributed by atoms with Gasteiger partial charge in [0.15, 0.2) is 0 Å².